The Morgan fingerprint density at radius 3 is 2.29 bits per heavy atom. The molecule has 1 heterocycles. The van der Waals surface area contributed by atoms with Crippen LogP contribution < -0.4 is 4.90 Å². The van der Waals surface area contributed by atoms with Crippen LogP contribution in [0.5, 0.6) is 0 Å². The van der Waals surface area contributed by atoms with Crippen molar-refractivity contribution in [3.05, 3.63) is 65.2 Å². The Hall–Kier alpha value is -2.57. The number of hydrogen-bond acceptors (Lipinski definition) is 2. The van der Waals surface area contributed by atoms with E-state index >= 15 is 0 Å². The largest absolute Gasteiger partial charge is 0.305 e. The van der Waals surface area contributed by atoms with Gasteiger partial charge in [-0.3, -0.25) is 9.69 Å². The van der Waals surface area contributed by atoms with E-state index in [1.807, 2.05) is 86.3 Å². The summed E-state index contributed by atoms with van der Waals surface area (Å²) in [6.45, 7) is 4.43. The Bertz CT molecular complexity index is 840. The summed E-state index contributed by atoms with van der Waals surface area (Å²) >= 11 is 0. The Morgan fingerprint density at radius 1 is 1.00 bits per heavy atom. The van der Waals surface area contributed by atoms with E-state index in [1.54, 1.807) is 0 Å². The van der Waals surface area contributed by atoms with Crippen LogP contribution >= 0.6 is 0 Å². The third-order valence-corrected chi connectivity index (χ3v) is 4.76. The van der Waals surface area contributed by atoms with Crippen LogP contribution in [0.25, 0.3) is 0 Å². The van der Waals surface area contributed by atoms with Gasteiger partial charge in [0.1, 0.15) is 0 Å². The molecule has 0 aromatic heterocycles. The van der Waals surface area contributed by atoms with E-state index in [2.05, 4.69) is 11.8 Å². The summed E-state index contributed by atoms with van der Waals surface area (Å²) in [6, 6.07) is 15.9. The van der Waals surface area contributed by atoms with E-state index in [9.17, 15) is 4.79 Å². The van der Waals surface area contributed by atoms with Gasteiger partial charge in [0.15, 0.2) is 0 Å². The zero-order valence-corrected chi connectivity index (χ0v) is 14.6. The summed E-state index contributed by atoms with van der Waals surface area (Å²) in [5.74, 6) is 6.54. The van der Waals surface area contributed by atoms with Crippen molar-refractivity contribution in [2.45, 2.75) is 25.9 Å². The molecular formula is C21H22N2O. The molecule has 24 heavy (non-hydrogen) atoms. The van der Waals surface area contributed by atoms with Gasteiger partial charge >= 0.3 is 0 Å². The van der Waals surface area contributed by atoms with Crippen LogP contribution in [0.15, 0.2) is 48.5 Å². The predicted octanol–water partition coefficient (Wildman–Crippen LogP) is 3.27. The maximum absolute atomic E-state index is 13.3. The van der Waals surface area contributed by atoms with Gasteiger partial charge < -0.3 is 4.90 Å². The fraction of sp³-hybridized carbons (Fsp3) is 0.286. The minimum absolute atomic E-state index is 0.0680. The molecule has 3 rings (SSSR count). The van der Waals surface area contributed by atoms with Gasteiger partial charge in [-0.15, -0.1) is 0 Å². The first-order chi connectivity index (χ1) is 11.4. The van der Waals surface area contributed by atoms with Crippen molar-refractivity contribution in [1.82, 2.24) is 4.90 Å². The van der Waals surface area contributed by atoms with Gasteiger partial charge in [-0.2, -0.15) is 0 Å². The topological polar surface area (TPSA) is 23.6 Å². The summed E-state index contributed by atoms with van der Waals surface area (Å²) < 4.78 is 0. The molecule has 2 aromatic carbocycles. The zero-order valence-electron chi connectivity index (χ0n) is 14.6. The van der Waals surface area contributed by atoms with Crippen LogP contribution in [0.4, 0.5) is 5.69 Å². The first kappa shape index (κ1) is 16.3. The molecule has 0 saturated carbocycles. The quantitative estimate of drug-likeness (QED) is 0.794. The SMILES string of the molecule is CN(C)C(C)(C)C(=O)N1Cc2ccccc2C#Cc2ccccc21. The lowest BCUT2D eigenvalue weighted by Gasteiger charge is -2.37. The molecule has 0 saturated heterocycles. The van der Waals surface area contributed by atoms with Crippen molar-refractivity contribution in [3.63, 3.8) is 0 Å². The molecule has 0 fully saturated rings. The lowest BCUT2D eigenvalue weighted by Crippen LogP contribution is -2.53. The lowest BCUT2D eigenvalue weighted by atomic mass is 9.97. The highest BCUT2D eigenvalue weighted by Crippen LogP contribution is 2.28. The molecule has 1 aliphatic rings. The third kappa shape index (κ3) is 2.81. The maximum atomic E-state index is 13.3. The monoisotopic (exact) mass is 318 g/mol. The first-order valence-electron chi connectivity index (χ1n) is 8.09. The van der Waals surface area contributed by atoms with Crippen molar-refractivity contribution in [3.8, 4) is 11.8 Å². The summed E-state index contributed by atoms with van der Waals surface area (Å²) in [7, 11) is 3.86. The standard InChI is InChI=1S/C21H22N2O/c1-21(2,22(3)4)20(24)23-15-18-11-6-5-9-16(18)13-14-17-10-7-8-12-19(17)23/h5-12H,15H2,1-4H3. The minimum Gasteiger partial charge on any atom is -0.305 e. The van der Waals surface area contributed by atoms with Gasteiger partial charge in [0.2, 0.25) is 5.91 Å². The number of carbonyl (C=O) groups excluding carboxylic acids is 1. The predicted molar refractivity (Wildman–Crippen MR) is 97.8 cm³/mol. The van der Waals surface area contributed by atoms with E-state index in [0.29, 0.717) is 6.54 Å². The number of carbonyl (C=O) groups is 1. The number of para-hydroxylation sites is 1. The van der Waals surface area contributed by atoms with Gasteiger partial charge in [-0.05, 0) is 51.7 Å². The van der Waals surface area contributed by atoms with Gasteiger partial charge in [0.25, 0.3) is 0 Å². The van der Waals surface area contributed by atoms with Crippen LogP contribution in [-0.2, 0) is 11.3 Å². The molecule has 0 bridgehead atoms. The molecule has 2 aromatic rings. The Morgan fingerprint density at radius 2 is 1.58 bits per heavy atom. The molecule has 0 unspecified atom stereocenters. The van der Waals surface area contributed by atoms with E-state index < -0.39 is 5.54 Å². The normalized spacial score (nSPS) is 13.3. The van der Waals surface area contributed by atoms with Gasteiger partial charge in [-0.1, -0.05) is 42.2 Å². The van der Waals surface area contributed by atoms with Crippen molar-refractivity contribution in [1.29, 1.82) is 0 Å². The summed E-state index contributed by atoms with van der Waals surface area (Å²) in [5, 5.41) is 0. The zero-order chi connectivity index (χ0) is 17.3. The third-order valence-electron chi connectivity index (χ3n) is 4.76. The minimum atomic E-state index is -0.602. The number of benzene rings is 2. The Balaban J connectivity index is 2.17. The van der Waals surface area contributed by atoms with Crippen LogP contribution in [0.2, 0.25) is 0 Å². The second-order valence-corrected chi connectivity index (χ2v) is 6.77. The highest BCUT2D eigenvalue weighted by molar-refractivity contribution is 6.00. The Kier molecular flexibility index (Phi) is 4.17. The van der Waals surface area contributed by atoms with E-state index in [0.717, 1.165) is 22.4 Å². The van der Waals surface area contributed by atoms with Gasteiger partial charge in [0, 0.05) is 11.1 Å². The average molecular weight is 318 g/mol. The molecule has 122 valence electrons. The number of nitrogens with zero attached hydrogens (tertiary/aromatic N) is 2. The van der Waals surface area contributed by atoms with E-state index in [4.69, 9.17) is 0 Å². The van der Waals surface area contributed by atoms with Crippen molar-refractivity contribution < 1.29 is 4.79 Å². The average Bonchev–Trinajstić information content (AvgIpc) is 2.56. The van der Waals surface area contributed by atoms with Crippen molar-refractivity contribution >= 4 is 11.6 Å². The molecule has 0 aliphatic carbocycles. The molecule has 0 atom stereocenters. The van der Waals surface area contributed by atoms with Crippen LogP contribution in [0, 0.1) is 11.8 Å². The molecule has 0 spiro atoms. The molecule has 0 radical (unpaired) electrons. The first-order valence-corrected chi connectivity index (χ1v) is 8.09. The summed E-state index contributed by atoms with van der Waals surface area (Å²) in [6.07, 6.45) is 0. The molecular weight excluding hydrogens is 296 g/mol. The van der Waals surface area contributed by atoms with E-state index in [-0.39, 0.29) is 5.91 Å². The fourth-order valence-corrected chi connectivity index (χ4v) is 2.69. The number of hydrogen-bond donors (Lipinski definition) is 0. The highest BCUT2D eigenvalue weighted by Gasteiger charge is 2.35. The maximum Gasteiger partial charge on any atom is 0.247 e. The number of amides is 1. The van der Waals surface area contributed by atoms with Crippen molar-refractivity contribution in [2.24, 2.45) is 0 Å². The van der Waals surface area contributed by atoms with Crippen LogP contribution in [0.3, 0.4) is 0 Å². The second-order valence-electron chi connectivity index (χ2n) is 6.77. The smallest absolute Gasteiger partial charge is 0.247 e. The molecule has 3 nitrogen and oxygen atoms in total. The number of fused-ring (bicyclic) bond motifs is 2. The highest BCUT2D eigenvalue weighted by atomic mass is 16.2. The molecule has 1 amide bonds. The van der Waals surface area contributed by atoms with Crippen LogP contribution in [0.1, 0.15) is 30.5 Å². The lowest BCUT2D eigenvalue weighted by molar-refractivity contribution is -0.127. The second kappa shape index (κ2) is 6.14. The van der Waals surface area contributed by atoms with E-state index in [1.165, 1.54) is 0 Å². The van der Waals surface area contributed by atoms with Crippen LogP contribution in [-0.4, -0.2) is 30.4 Å². The van der Waals surface area contributed by atoms with Gasteiger partial charge in [0.05, 0.1) is 17.8 Å². The Labute approximate surface area is 143 Å². The molecule has 0 N–H and O–H groups in total. The summed E-state index contributed by atoms with van der Waals surface area (Å²) in [5.41, 5.74) is 3.21. The number of rotatable bonds is 2. The number of likely N-dealkylation sites (N-methyl/N-ethyl adjacent to an activating group) is 1. The summed E-state index contributed by atoms with van der Waals surface area (Å²) in [4.78, 5) is 17.2. The number of anilines is 1. The molecule has 3 heteroatoms. The van der Waals surface area contributed by atoms with Crippen molar-refractivity contribution in [2.75, 3.05) is 19.0 Å². The molecule has 1 aliphatic heterocycles. The van der Waals surface area contributed by atoms with Gasteiger partial charge in [-0.25, -0.2) is 0 Å². The fourth-order valence-electron chi connectivity index (χ4n) is 2.69.